The summed E-state index contributed by atoms with van der Waals surface area (Å²) in [6, 6.07) is 39.5. The fraction of sp³-hybridized carbons (Fsp3) is 0.0789. The maximum atomic E-state index is 13.9. The monoisotopic (exact) mass is 554 g/mol. The Morgan fingerprint density at radius 2 is 1.26 bits per heavy atom. The molecule has 0 aliphatic heterocycles. The number of pyridine rings is 1. The molecule has 9 rings (SSSR count). The van der Waals surface area contributed by atoms with E-state index in [-0.39, 0.29) is 11.0 Å². The Morgan fingerprint density at radius 3 is 2.07 bits per heavy atom. The van der Waals surface area contributed by atoms with Gasteiger partial charge in [0.1, 0.15) is 0 Å². The zero-order chi connectivity index (χ0) is 28.9. The van der Waals surface area contributed by atoms with Crippen molar-refractivity contribution in [2.75, 3.05) is 0 Å². The highest BCUT2D eigenvalue weighted by Crippen LogP contribution is 2.50. The predicted molar refractivity (Wildman–Crippen MR) is 175 cm³/mol. The van der Waals surface area contributed by atoms with Crippen LogP contribution in [0.2, 0.25) is 0 Å². The van der Waals surface area contributed by atoms with Gasteiger partial charge in [0.25, 0.3) is 5.56 Å². The highest BCUT2D eigenvalue weighted by Gasteiger charge is 2.36. The van der Waals surface area contributed by atoms with Crippen LogP contribution in [0.25, 0.3) is 66.4 Å². The molecule has 0 bridgehead atoms. The van der Waals surface area contributed by atoms with Gasteiger partial charge in [-0.25, -0.2) is 9.97 Å². The smallest absolute Gasteiger partial charge is 0.266 e. The molecular weight excluding hydrogens is 528 g/mol. The Bertz CT molecular complexity index is 2500. The molecule has 1 aliphatic carbocycles. The average molecular weight is 555 g/mol. The lowest BCUT2D eigenvalue weighted by atomic mass is 9.82. The molecule has 0 saturated heterocycles. The molecule has 5 heteroatoms. The number of aromatic nitrogens is 4. The minimum absolute atomic E-state index is 0.133. The van der Waals surface area contributed by atoms with Crippen LogP contribution in [-0.2, 0) is 5.41 Å². The first-order valence-electron chi connectivity index (χ1n) is 14.6. The van der Waals surface area contributed by atoms with E-state index >= 15 is 0 Å². The van der Waals surface area contributed by atoms with Crippen molar-refractivity contribution in [3.8, 4) is 22.8 Å². The molecule has 0 amide bonds. The van der Waals surface area contributed by atoms with Gasteiger partial charge in [0.15, 0.2) is 0 Å². The van der Waals surface area contributed by atoms with Gasteiger partial charge < -0.3 is 0 Å². The van der Waals surface area contributed by atoms with Crippen molar-refractivity contribution >= 4 is 43.6 Å². The normalized spacial score (nSPS) is 13.6. The van der Waals surface area contributed by atoms with Gasteiger partial charge in [-0.05, 0) is 58.7 Å². The van der Waals surface area contributed by atoms with Gasteiger partial charge in [0.05, 0.1) is 27.5 Å². The number of hydrogen-bond donors (Lipinski definition) is 0. The van der Waals surface area contributed by atoms with Crippen LogP contribution < -0.4 is 5.56 Å². The molecule has 1 aliphatic rings. The summed E-state index contributed by atoms with van der Waals surface area (Å²) in [4.78, 5) is 24.0. The van der Waals surface area contributed by atoms with E-state index in [0.29, 0.717) is 16.9 Å². The van der Waals surface area contributed by atoms with Gasteiger partial charge in [-0.2, -0.15) is 0 Å². The minimum Gasteiger partial charge on any atom is -0.278 e. The molecule has 3 aromatic heterocycles. The zero-order valence-electron chi connectivity index (χ0n) is 23.7. The Morgan fingerprint density at radius 1 is 0.581 bits per heavy atom. The molecule has 0 N–H and O–H groups in total. The maximum absolute atomic E-state index is 13.9. The molecule has 0 atom stereocenters. The first kappa shape index (κ1) is 24.1. The summed E-state index contributed by atoms with van der Waals surface area (Å²) < 4.78 is 3.91. The maximum Gasteiger partial charge on any atom is 0.266 e. The molecule has 5 nitrogen and oxygen atoms in total. The summed E-state index contributed by atoms with van der Waals surface area (Å²) in [5, 5.41) is 3.71. The highest BCUT2D eigenvalue weighted by atomic mass is 16.1. The van der Waals surface area contributed by atoms with Gasteiger partial charge in [0, 0.05) is 33.5 Å². The quantitative estimate of drug-likeness (QED) is 0.202. The van der Waals surface area contributed by atoms with Crippen LogP contribution in [0.3, 0.4) is 0 Å². The van der Waals surface area contributed by atoms with E-state index in [1.807, 2.05) is 54.6 Å². The van der Waals surface area contributed by atoms with Gasteiger partial charge in [-0.15, -0.1) is 0 Å². The summed E-state index contributed by atoms with van der Waals surface area (Å²) >= 11 is 0. The van der Waals surface area contributed by atoms with E-state index in [4.69, 9.17) is 9.97 Å². The van der Waals surface area contributed by atoms with E-state index in [2.05, 4.69) is 79.1 Å². The first-order chi connectivity index (χ1) is 21.0. The zero-order valence-corrected chi connectivity index (χ0v) is 23.7. The lowest BCUT2D eigenvalue weighted by Gasteiger charge is -2.21. The second-order valence-corrected chi connectivity index (χ2v) is 11.9. The van der Waals surface area contributed by atoms with Crippen LogP contribution in [0.1, 0.15) is 25.0 Å². The molecule has 8 aromatic rings. The number of benzene rings is 5. The van der Waals surface area contributed by atoms with Crippen LogP contribution in [0.5, 0.6) is 0 Å². The molecule has 0 saturated carbocycles. The lowest BCUT2D eigenvalue weighted by molar-refractivity contribution is 0.661. The van der Waals surface area contributed by atoms with Crippen molar-refractivity contribution in [3.63, 3.8) is 0 Å². The van der Waals surface area contributed by atoms with Crippen LogP contribution in [0.4, 0.5) is 0 Å². The summed E-state index contributed by atoms with van der Waals surface area (Å²) in [7, 11) is 0. The number of nitrogens with zero attached hydrogens (tertiary/aromatic N) is 4. The second-order valence-electron chi connectivity index (χ2n) is 11.9. The molecule has 3 heterocycles. The summed E-state index contributed by atoms with van der Waals surface area (Å²) in [5.74, 6) is 0.550. The van der Waals surface area contributed by atoms with E-state index in [0.717, 1.165) is 38.4 Å². The van der Waals surface area contributed by atoms with Crippen molar-refractivity contribution in [1.29, 1.82) is 0 Å². The number of hydrogen-bond acceptors (Lipinski definition) is 3. The summed E-state index contributed by atoms with van der Waals surface area (Å²) in [6.07, 6.45) is 1.69. The molecule has 0 fully saturated rings. The largest absolute Gasteiger partial charge is 0.278 e. The van der Waals surface area contributed by atoms with Gasteiger partial charge in [-0.1, -0.05) is 92.7 Å². The van der Waals surface area contributed by atoms with E-state index in [1.165, 1.54) is 22.3 Å². The van der Waals surface area contributed by atoms with Crippen LogP contribution in [0.15, 0.2) is 126 Å². The fourth-order valence-corrected chi connectivity index (χ4v) is 7.15. The van der Waals surface area contributed by atoms with Gasteiger partial charge >= 0.3 is 0 Å². The Hall–Kier alpha value is -5.55. The number of para-hydroxylation sites is 3. The third-order valence-electron chi connectivity index (χ3n) is 9.20. The summed E-state index contributed by atoms with van der Waals surface area (Å²) in [5.41, 5.74) is 9.32. The third-order valence-corrected chi connectivity index (χ3v) is 9.20. The highest BCUT2D eigenvalue weighted by molar-refractivity contribution is 6.12. The predicted octanol–water partition coefficient (Wildman–Crippen LogP) is 8.34. The van der Waals surface area contributed by atoms with Crippen molar-refractivity contribution in [3.05, 3.63) is 143 Å². The van der Waals surface area contributed by atoms with Crippen LogP contribution in [-0.4, -0.2) is 19.1 Å². The second kappa shape index (κ2) is 8.49. The van der Waals surface area contributed by atoms with Crippen LogP contribution in [0, 0.1) is 0 Å². The van der Waals surface area contributed by atoms with Crippen molar-refractivity contribution in [2.24, 2.45) is 0 Å². The number of fused-ring (bicyclic) bond motifs is 9. The van der Waals surface area contributed by atoms with Gasteiger partial charge in [-0.3, -0.25) is 13.9 Å². The molecule has 0 radical (unpaired) electrons. The Kier molecular flexibility index (Phi) is 4.76. The van der Waals surface area contributed by atoms with Crippen LogP contribution >= 0.6 is 0 Å². The minimum atomic E-state index is -0.135. The van der Waals surface area contributed by atoms with Gasteiger partial charge in [0.2, 0.25) is 5.95 Å². The Balaban J connectivity index is 1.37. The molecule has 5 aromatic carbocycles. The average Bonchev–Trinajstić information content (AvgIpc) is 3.49. The number of rotatable bonds is 2. The topological polar surface area (TPSA) is 52.7 Å². The third kappa shape index (κ3) is 3.19. The molecule has 0 spiro atoms. The van der Waals surface area contributed by atoms with Crippen molar-refractivity contribution in [2.45, 2.75) is 19.3 Å². The Labute approximate surface area is 247 Å². The van der Waals surface area contributed by atoms with E-state index in [1.54, 1.807) is 10.8 Å². The summed E-state index contributed by atoms with van der Waals surface area (Å²) in [6.45, 7) is 4.60. The first-order valence-corrected chi connectivity index (χ1v) is 14.6. The molecule has 204 valence electrons. The van der Waals surface area contributed by atoms with E-state index in [9.17, 15) is 4.79 Å². The fourth-order valence-electron chi connectivity index (χ4n) is 7.15. The molecule has 43 heavy (non-hydrogen) atoms. The lowest BCUT2D eigenvalue weighted by Crippen LogP contribution is -2.20. The standard InChI is InChI=1S/C38H26N4O/c1-38(2)30-17-9-6-14-24(30)27-20-28-25-15-7-10-18-32(25)42(34(28)21-31(27)38)37-39-22-29-35(40-37)26-16-8-11-19-33(26)41(36(29)43)23-12-4-3-5-13-23/h3-22H,1-2H3. The van der Waals surface area contributed by atoms with Crippen molar-refractivity contribution < 1.29 is 0 Å². The molecule has 0 unspecified atom stereocenters. The SMILES string of the molecule is CC1(C)c2ccccc2-c2cc3c4ccccc4n(-c4ncc5c(=O)n(-c6ccccc6)c6ccccc6c5n4)c3cc21. The van der Waals surface area contributed by atoms with Crippen molar-refractivity contribution in [1.82, 2.24) is 19.1 Å². The van der Waals surface area contributed by atoms with E-state index < -0.39 is 0 Å². The molecular formula is C38H26N4O.